The van der Waals surface area contributed by atoms with E-state index in [1.54, 1.807) is 7.11 Å². The van der Waals surface area contributed by atoms with Crippen LogP contribution >= 0.6 is 0 Å². The van der Waals surface area contributed by atoms with Crippen molar-refractivity contribution in [1.82, 2.24) is 0 Å². The van der Waals surface area contributed by atoms with Crippen molar-refractivity contribution in [3.8, 4) is 5.75 Å². The summed E-state index contributed by atoms with van der Waals surface area (Å²) >= 11 is 0. The maximum Gasteiger partial charge on any atom is 0.391 e. The number of hydrogen-bond donors (Lipinski definition) is 1. The number of hydrogen-bond acceptors (Lipinski definition) is 2. The Bertz CT molecular complexity index is 439. The molecule has 0 spiro atoms. The maximum absolute atomic E-state index is 12.6. The van der Waals surface area contributed by atoms with Crippen molar-refractivity contribution in [1.29, 1.82) is 0 Å². The Morgan fingerprint density at radius 1 is 1.20 bits per heavy atom. The molecule has 0 bridgehead atoms. The highest BCUT2D eigenvalue weighted by Crippen LogP contribution is 2.42. The van der Waals surface area contributed by atoms with Gasteiger partial charge < -0.3 is 10.5 Å². The van der Waals surface area contributed by atoms with E-state index >= 15 is 0 Å². The highest BCUT2D eigenvalue weighted by molar-refractivity contribution is 5.30. The Labute approximate surface area is 117 Å². The van der Waals surface area contributed by atoms with Gasteiger partial charge in [0.15, 0.2) is 0 Å². The van der Waals surface area contributed by atoms with Gasteiger partial charge in [-0.3, -0.25) is 0 Å². The second-order valence-electron chi connectivity index (χ2n) is 5.46. The van der Waals surface area contributed by atoms with Crippen LogP contribution in [0.5, 0.6) is 5.75 Å². The van der Waals surface area contributed by atoms with E-state index in [4.69, 9.17) is 10.5 Å². The van der Waals surface area contributed by atoms with Crippen molar-refractivity contribution in [2.24, 2.45) is 17.6 Å². The van der Waals surface area contributed by atoms with E-state index in [2.05, 4.69) is 0 Å². The first-order chi connectivity index (χ1) is 9.41. The number of halogens is 3. The van der Waals surface area contributed by atoms with Gasteiger partial charge in [-0.1, -0.05) is 12.1 Å². The Kier molecular flexibility index (Phi) is 4.58. The summed E-state index contributed by atoms with van der Waals surface area (Å²) in [6.07, 6.45) is -2.63. The molecule has 1 aromatic rings. The maximum atomic E-state index is 12.6. The number of alkyl halides is 3. The quantitative estimate of drug-likeness (QED) is 0.909. The molecule has 0 heterocycles. The minimum absolute atomic E-state index is 0.112. The summed E-state index contributed by atoms with van der Waals surface area (Å²) in [5, 5.41) is 0. The Balaban J connectivity index is 1.99. The molecule has 2 nitrogen and oxygen atoms in total. The summed E-state index contributed by atoms with van der Waals surface area (Å²) in [6, 6.07) is 7.23. The zero-order valence-corrected chi connectivity index (χ0v) is 11.5. The summed E-state index contributed by atoms with van der Waals surface area (Å²) in [6.45, 7) is 0. The van der Waals surface area contributed by atoms with Gasteiger partial charge in [0, 0.05) is 6.04 Å². The van der Waals surface area contributed by atoms with Crippen molar-refractivity contribution in [3.05, 3.63) is 29.8 Å². The number of benzene rings is 1. The van der Waals surface area contributed by atoms with Crippen LogP contribution in [-0.4, -0.2) is 13.3 Å². The van der Waals surface area contributed by atoms with Crippen LogP contribution in [0.2, 0.25) is 0 Å². The van der Waals surface area contributed by atoms with E-state index in [0.29, 0.717) is 12.8 Å². The standard InChI is InChI=1S/C15H20F3NO/c1-20-13-4-2-3-11(9-13)14(19)10-5-7-12(8-6-10)15(16,17)18/h2-4,9-10,12,14H,5-8,19H2,1H3. The van der Waals surface area contributed by atoms with Crippen molar-refractivity contribution in [2.45, 2.75) is 37.9 Å². The lowest BCUT2D eigenvalue weighted by Crippen LogP contribution is -2.31. The SMILES string of the molecule is COc1cccc(C(N)C2CCC(C(F)(F)F)CC2)c1. The summed E-state index contributed by atoms with van der Waals surface area (Å²) < 4.78 is 43.1. The Morgan fingerprint density at radius 2 is 1.85 bits per heavy atom. The monoisotopic (exact) mass is 287 g/mol. The fourth-order valence-electron chi connectivity index (χ4n) is 2.93. The topological polar surface area (TPSA) is 35.2 Å². The second kappa shape index (κ2) is 6.04. The number of rotatable bonds is 3. The van der Waals surface area contributed by atoms with Crippen LogP contribution in [-0.2, 0) is 0 Å². The van der Waals surface area contributed by atoms with Crippen LogP contribution in [0.1, 0.15) is 37.3 Å². The molecule has 2 N–H and O–H groups in total. The molecular formula is C15H20F3NO. The summed E-state index contributed by atoms with van der Waals surface area (Å²) in [7, 11) is 1.58. The van der Waals surface area contributed by atoms with Crippen LogP contribution < -0.4 is 10.5 Å². The first-order valence-electron chi connectivity index (χ1n) is 6.88. The van der Waals surface area contributed by atoms with Gasteiger partial charge in [-0.05, 0) is 49.3 Å². The van der Waals surface area contributed by atoms with Gasteiger partial charge in [-0.2, -0.15) is 13.2 Å². The lowest BCUT2D eigenvalue weighted by molar-refractivity contribution is -0.184. The van der Waals surface area contributed by atoms with Gasteiger partial charge >= 0.3 is 6.18 Å². The average Bonchev–Trinajstić information content (AvgIpc) is 2.46. The molecule has 0 saturated heterocycles. The molecule has 0 aromatic heterocycles. The highest BCUT2D eigenvalue weighted by atomic mass is 19.4. The van der Waals surface area contributed by atoms with Crippen LogP contribution in [0.15, 0.2) is 24.3 Å². The van der Waals surface area contributed by atoms with E-state index in [9.17, 15) is 13.2 Å². The molecule has 1 saturated carbocycles. The van der Waals surface area contributed by atoms with Crippen molar-refractivity contribution in [2.75, 3.05) is 7.11 Å². The number of methoxy groups -OCH3 is 1. The number of ether oxygens (including phenoxy) is 1. The third-order valence-electron chi connectivity index (χ3n) is 4.22. The van der Waals surface area contributed by atoms with E-state index in [-0.39, 0.29) is 24.8 Å². The van der Waals surface area contributed by atoms with Crippen molar-refractivity contribution < 1.29 is 17.9 Å². The van der Waals surface area contributed by atoms with E-state index in [1.807, 2.05) is 24.3 Å². The van der Waals surface area contributed by atoms with Gasteiger partial charge in [0.1, 0.15) is 5.75 Å². The molecule has 20 heavy (non-hydrogen) atoms. The van der Waals surface area contributed by atoms with Gasteiger partial charge in [-0.15, -0.1) is 0 Å². The summed E-state index contributed by atoms with van der Waals surface area (Å²) in [5.41, 5.74) is 7.14. The zero-order chi connectivity index (χ0) is 14.8. The molecule has 1 aliphatic rings. The zero-order valence-electron chi connectivity index (χ0n) is 11.5. The second-order valence-corrected chi connectivity index (χ2v) is 5.46. The molecular weight excluding hydrogens is 267 g/mol. The first-order valence-corrected chi connectivity index (χ1v) is 6.88. The molecule has 1 fully saturated rings. The molecule has 5 heteroatoms. The smallest absolute Gasteiger partial charge is 0.391 e. The van der Waals surface area contributed by atoms with Crippen molar-refractivity contribution >= 4 is 0 Å². The Hall–Kier alpha value is -1.23. The predicted molar refractivity (Wildman–Crippen MR) is 71.4 cm³/mol. The minimum Gasteiger partial charge on any atom is -0.497 e. The van der Waals surface area contributed by atoms with Gasteiger partial charge in [0.05, 0.1) is 13.0 Å². The highest BCUT2D eigenvalue weighted by Gasteiger charge is 2.42. The van der Waals surface area contributed by atoms with Crippen LogP contribution in [0.3, 0.4) is 0 Å². The largest absolute Gasteiger partial charge is 0.497 e. The van der Waals surface area contributed by atoms with E-state index in [0.717, 1.165) is 11.3 Å². The van der Waals surface area contributed by atoms with Crippen LogP contribution in [0, 0.1) is 11.8 Å². The molecule has 1 atom stereocenters. The minimum atomic E-state index is -4.06. The Morgan fingerprint density at radius 3 is 2.40 bits per heavy atom. The normalized spacial score (nSPS) is 25.2. The fraction of sp³-hybridized carbons (Fsp3) is 0.600. The molecule has 1 unspecified atom stereocenters. The average molecular weight is 287 g/mol. The molecule has 0 aliphatic heterocycles. The summed E-state index contributed by atoms with van der Waals surface area (Å²) in [4.78, 5) is 0. The van der Waals surface area contributed by atoms with Crippen LogP contribution in [0.25, 0.3) is 0 Å². The third-order valence-corrected chi connectivity index (χ3v) is 4.22. The van der Waals surface area contributed by atoms with Crippen LogP contribution in [0.4, 0.5) is 13.2 Å². The fourth-order valence-corrected chi connectivity index (χ4v) is 2.93. The molecule has 2 rings (SSSR count). The van der Waals surface area contributed by atoms with E-state index in [1.165, 1.54) is 0 Å². The molecule has 112 valence electrons. The summed E-state index contributed by atoms with van der Waals surface area (Å²) in [5.74, 6) is -0.320. The van der Waals surface area contributed by atoms with E-state index < -0.39 is 12.1 Å². The molecule has 1 aromatic carbocycles. The van der Waals surface area contributed by atoms with Gasteiger partial charge in [0.25, 0.3) is 0 Å². The molecule has 0 amide bonds. The lowest BCUT2D eigenvalue weighted by atomic mass is 9.77. The first kappa shape index (κ1) is 15.2. The number of nitrogens with two attached hydrogens (primary N) is 1. The predicted octanol–water partition coefficient (Wildman–Crippen LogP) is 4.06. The van der Waals surface area contributed by atoms with Gasteiger partial charge in [0.2, 0.25) is 0 Å². The van der Waals surface area contributed by atoms with Crippen molar-refractivity contribution in [3.63, 3.8) is 0 Å². The third kappa shape index (κ3) is 3.45. The lowest BCUT2D eigenvalue weighted by Gasteiger charge is -2.33. The molecule has 0 radical (unpaired) electrons. The van der Waals surface area contributed by atoms with Gasteiger partial charge in [-0.25, -0.2) is 0 Å². The molecule has 1 aliphatic carbocycles.